The molecule has 0 aromatic heterocycles. The first-order chi connectivity index (χ1) is 8.50. The highest BCUT2D eigenvalue weighted by Gasteiger charge is 2.05. The van der Waals surface area contributed by atoms with Gasteiger partial charge in [0.05, 0.1) is 12.2 Å². The van der Waals surface area contributed by atoms with Crippen molar-refractivity contribution in [1.82, 2.24) is 4.90 Å². The van der Waals surface area contributed by atoms with Gasteiger partial charge in [0.25, 0.3) is 0 Å². The van der Waals surface area contributed by atoms with Crippen LogP contribution in [0, 0.1) is 0 Å². The Morgan fingerprint density at radius 2 is 2.06 bits per heavy atom. The van der Waals surface area contributed by atoms with Crippen LogP contribution in [-0.4, -0.2) is 42.6 Å². The summed E-state index contributed by atoms with van der Waals surface area (Å²) in [6.45, 7) is 0.392. The van der Waals surface area contributed by atoms with E-state index in [0.29, 0.717) is 25.2 Å². The van der Waals surface area contributed by atoms with E-state index in [9.17, 15) is 9.59 Å². The lowest BCUT2D eigenvalue weighted by Crippen LogP contribution is -2.21. The molecule has 0 bridgehead atoms. The first-order valence-corrected chi connectivity index (χ1v) is 5.67. The van der Waals surface area contributed by atoms with Crippen LogP contribution in [0.2, 0.25) is 0 Å². The minimum Gasteiger partial charge on any atom is -0.494 e. The second-order valence-corrected chi connectivity index (χ2v) is 4.07. The van der Waals surface area contributed by atoms with Crippen LogP contribution in [0.4, 0.5) is 0 Å². The van der Waals surface area contributed by atoms with Gasteiger partial charge in [-0.15, -0.1) is 0 Å². The number of amides is 1. The Morgan fingerprint density at radius 3 is 2.67 bits per heavy atom. The van der Waals surface area contributed by atoms with E-state index in [1.165, 1.54) is 17.0 Å². The second kappa shape index (κ2) is 6.64. The Balaban J connectivity index is 2.38. The molecule has 1 N–H and O–H groups in total. The van der Waals surface area contributed by atoms with Crippen LogP contribution < -0.4 is 4.74 Å². The molecule has 18 heavy (non-hydrogen) atoms. The maximum atomic E-state index is 11.3. The van der Waals surface area contributed by atoms with E-state index in [0.717, 1.165) is 0 Å². The van der Waals surface area contributed by atoms with Crippen LogP contribution >= 0.6 is 0 Å². The average Bonchev–Trinajstić information content (AvgIpc) is 2.34. The Hall–Kier alpha value is -2.04. The molecular weight excluding hydrogens is 234 g/mol. The number of nitrogens with zero attached hydrogens (tertiary/aromatic N) is 1. The van der Waals surface area contributed by atoms with Gasteiger partial charge in [-0.1, -0.05) is 6.07 Å². The van der Waals surface area contributed by atoms with Crippen molar-refractivity contribution in [2.24, 2.45) is 0 Å². The maximum Gasteiger partial charge on any atom is 0.335 e. The molecule has 0 atom stereocenters. The minimum atomic E-state index is -0.983. The summed E-state index contributed by atoms with van der Waals surface area (Å²) in [5, 5.41) is 8.81. The number of rotatable bonds is 6. The van der Waals surface area contributed by atoms with Crippen molar-refractivity contribution in [2.75, 3.05) is 20.7 Å². The molecule has 0 aliphatic rings. The van der Waals surface area contributed by atoms with E-state index in [1.54, 1.807) is 26.2 Å². The molecule has 0 aliphatic heterocycles. The average molecular weight is 251 g/mol. The number of ether oxygens (including phenoxy) is 1. The highest BCUT2D eigenvalue weighted by molar-refractivity contribution is 5.88. The molecule has 0 fully saturated rings. The fourth-order valence-electron chi connectivity index (χ4n) is 1.36. The molecule has 0 spiro atoms. The van der Waals surface area contributed by atoms with Crippen LogP contribution in [0.3, 0.4) is 0 Å². The summed E-state index contributed by atoms with van der Waals surface area (Å²) in [7, 11) is 3.42. The highest BCUT2D eigenvalue weighted by Crippen LogP contribution is 2.13. The third-order valence-electron chi connectivity index (χ3n) is 2.38. The number of carboxylic acid groups (broad SMARTS) is 1. The summed E-state index contributed by atoms with van der Waals surface area (Å²) in [6, 6.07) is 6.30. The first-order valence-electron chi connectivity index (χ1n) is 5.67. The van der Waals surface area contributed by atoms with E-state index >= 15 is 0 Å². The summed E-state index contributed by atoms with van der Waals surface area (Å²) in [4.78, 5) is 23.6. The van der Waals surface area contributed by atoms with Gasteiger partial charge in [0.2, 0.25) is 5.91 Å². The van der Waals surface area contributed by atoms with Crippen LogP contribution in [0.5, 0.6) is 5.75 Å². The molecule has 0 saturated carbocycles. The van der Waals surface area contributed by atoms with Crippen molar-refractivity contribution < 1.29 is 19.4 Å². The standard InChI is InChI=1S/C13H17NO4/c1-14(2)12(15)7-4-8-18-11-6-3-5-10(9-11)13(16)17/h3,5-6,9H,4,7-8H2,1-2H3,(H,16,17). The Kier molecular flexibility index (Phi) is 5.17. The molecule has 0 saturated heterocycles. The highest BCUT2D eigenvalue weighted by atomic mass is 16.5. The lowest BCUT2D eigenvalue weighted by molar-refractivity contribution is -0.128. The van der Waals surface area contributed by atoms with Crippen molar-refractivity contribution in [3.63, 3.8) is 0 Å². The molecule has 0 heterocycles. The molecule has 0 aliphatic carbocycles. The first kappa shape index (κ1) is 14.0. The fraction of sp³-hybridized carbons (Fsp3) is 0.385. The Morgan fingerprint density at radius 1 is 1.33 bits per heavy atom. The molecule has 1 amide bonds. The van der Waals surface area contributed by atoms with E-state index < -0.39 is 5.97 Å². The van der Waals surface area contributed by atoms with Gasteiger partial charge in [-0.3, -0.25) is 4.79 Å². The van der Waals surface area contributed by atoms with E-state index in [4.69, 9.17) is 9.84 Å². The molecule has 1 aromatic rings. The SMILES string of the molecule is CN(C)C(=O)CCCOc1cccc(C(=O)O)c1. The van der Waals surface area contributed by atoms with E-state index in [-0.39, 0.29) is 11.5 Å². The van der Waals surface area contributed by atoms with Crippen molar-refractivity contribution in [3.8, 4) is 5.75 Å². The minimum absolute atomic E-state index is 0.0536. The van der Waals surface area contributed by atoms with Crippen molar-refractivity contribution in [3.05, 3.63) is 29.8 Å². The second-order valence-electron chi connectivity index (χ2n) is 4.07. The number of aromatic carboxylic acids is 1. The van der Waals surface area contributed by atoms with Crippen LogP contribution in [0.1, 0.15) is 23.2 Å². The predicted molar refractivity (Wildman–Crippen MR) is 66.8 cm³/mol. The van der Waals surface area contributed by atoms with Gasteiger partial charge in [0.1, 0.15) is 5.75 Å². The largest absolute Gasteiger partial charge is 0.494 e. The number of carbonyl (C=O) groups excluding carboxylic acids is 1. The topological polar surface area (TPSA) is 66.8 Å². The molecule has 0 radical (unpaired) electrons. The number of carboxylic acids is 1. The third kappa shape index (κ3) is 4.45. The fourth-order valence-corrected chi connectivity index (χ4v) is 1.36. The number of carbonyl (C=O) groups is 2. The number of hydrogen-bond donors (Lipinski definition) is 1. The lowest BCUT2D eigenvalue weighted by Gasteiger charge is -2.10. The summed E-state index contributed by atoms with van der Waals surface area (Å²) in [5.74, 6) is -0.423. The maximum absolute atomic E-state index is 11.3. The zero-order chi connectivity index (χ0) is 13.5. The van der Waals surface area contributed by atoms with Gasteiger partial charge < -0.3 is 14.7 Å². The van der Waals surface area contributed by atoms with Gasteiger partial charge in [-0.25, -0.2) is 4.79 Å². The quantitative estimate of drug-likeness (QED) is 0.780. The van der Waals surface area contributed by atoms with Gasteiger partial charge in [0, 0.05) is 20.5 Å². The van der Waals surface area contributed by atoms with Crippen LogP contribution in [-0.2, 0) is 4.79 Å². The molecule has 1 rings (SSSR count). The van der Waals surface area contributed by atoms with Gasteiger partial charge >= 0.3 is 5.97 Å². The normalized spacial score (nSPS) is 9.89. The predicted octanol–water partition coefficient (Wildman–Crippen LogP) is 1.63. The number of benzene rings is 1. The van der Waals surface area contributed by atoms with E-state index in [1.807, 2.05) is 0 Å². The zero-order valence-corrected chi connectivity index (χ0v) is 10.5. The Bertz CT molecular complexity index is 429. The molecule has 0 unspecified atom stereocenters. The van der Waals surface area contributed by atoms with E-state index in [2.05, 4.69) is 0 Å². The zero-order valence-electron chi connectivity index (χ0n) is 10.5. The molecule has 5 nitrogen and oxygen atoms in total. The van der Waals surface area contributed by atoms with Crippen LogP contribution in [0.25, 0.3) is 0 Å². The summed E-state index contributed by atoms with van der Waals surface area (Å²) < 4.78 is 5.39. The summed E-state index contributed by atoms with van der Waals surface area (Å²) >= 11 is 0. The molecule has 98 valence electrons. The smallest absolute Gasteiger partial charge is 0.335 e. The monoisotopic (exact) mass is 251 g/mol. The summed E-state index contributed by atoms with van der Waals surface area (Å²) in [5.41, 5.74) is 0.192. The molecular formula is C13H17NO4. The van der Waals surface area contributed by atoms with Crippen molar-refractivity contribution in [2.45, 2.75) is 12.8 Å². The third-order valence-corrected chi connectivity index (χ3v) is 2.38. The number of hydrogen-bond acceptors (Lipinski definition) is 3. The van der Waals surface area contributed by atoms with Crippen molar-refractivity contribution in [1.29, 1.82) is 0 Å². The van der Waals surface area contributed by atoms with Gasteiger partial charge in [-0.2, -0.15) is 0 Å². The van der Waals surface area contributed by atoms with Gasteiger partial charge in [0.15, 0.2) is 0 Å². The van der Waals surface area contributed by atoms with Gasteiger partial charge in [-0.05, 0) is 24.6 Å². The van der Waals surface area contributed by atoms with Crippen LogP contribution in [0.15, 0.2) is 24.3 Å². The lowest BCUT2D eigenvalue weighted by atomic mass is 10.2. The van der Waals surface area contributed by atoms with Crippen molar-refractivity contribution >= 4 is 11.9 Å². The Labute approximate surface area is 106 Å². The molecule has 5 heteroatoms. The summed E-state index contributed by atoms with van der Waals surface area (Å²) in [6.07, 6.45) is 1.03. The molecule has 1 aromatic carbocycles.